The predicted octanol–water partition coefficient (Wildman–Crippen LogP) is 1.46. The zero-order valence-electron chi connectivity index (χ0n) is 14.1. The molecule has 1 aromatic carbocycles. The molecule has 0 radical (unpaired) electrons. The molecular weight excluding hydrogens is 326 g/mol. The van der Waals surface area contributed by atoms with Gasteiger partial charge in [0, 0.05) is 38.2 Å². The molecule has 25 heavy (non-hydrogen) atoms. The Morgan fingerprint density at radius 3 is 2.68 bits per heavy atom. The molecule has 3 rings (SSSR count). The number of anilines is 1. The number of urea groups is 1. The molecule has 0 aliphatic carbocycles. The van der Waals surface area contributed by atoms with Crippen LogP contribution in [-0.4, -0.2) is 61.0 Å². The van der Waals surface area contributed by atoms with Gasteiger partial charge in [-0.25, -0.2) is 4.79 Å². The van der Waals surface area contributed by atoms with Crippen LogP contribution < -0.4 is 14.8 Å². The molecule has 2 heterocycles. The highest BCUT2D eigenvalue weighted by Crippen LogP contribution is 2.32. The maximum atomic E-state index is 12.1. The molecule has 2 aliphatic rings. The van der Waals surface area contributed by atoms with Gasteiger partial charge in [0.05, 0.1) is 13.2 Å². The van der Waals surface area contributed by atoms with Crippen LogP contribution >= 0.6 is 0 Å². The highest BCUT2D eigenvalue weighted by atomic mass is 16.5. The summed E-state index contributed by atoms with van der Waals surface area (Å²) < 4.78 is 11.1. The van der Waals surface area contributed by atoms with E-state index in [2.05, 4.69) is 5.32 Å². The fraction of sp³-hybridized carbons (Fsp3) is 0.471. The van der Waals surface area contributed by atoms with Gasteiger partial charge in [0.15, 0.2) is 11.5 Å². The second-order valence-electron chi connectivity index (χ2n) is 6.05. The molecule has 0 bridgehead atoms. The molecule has 134 valence electrons. The van der Waals surface area contributed by atoms with Crippen molar-refractivity contribution in [2.24, 2.45) is 0 Å². The molecule has 4 amide bonds. The lowest BCUT2D eigenvalue weighted by molar-refractivity contribution is -0.125. The quantitative estimate of drug-likeness (QED) is 0.815. The van der Waals surface area contributed by atoms with Crippen molar-refractivity contribution in [1.29, 1.82) is 0 Å². The van der Waals surface area contributed by atoms with Gasteiger partial charge in [0.25, 0.3) is 0 Å². The van der Waals surface area contributed by atoms with Crippen LogP contribution in [0.5, 0.6) is 11.5 Å². The maximum Gasteiger partial charge on any atom is 0.326 e. The number of nitrogens with one attached hydrogen (secondary N) is 1. The van der Waals surface area contributed by atoms with Gasteiger partial charge in [-0.05, 0) is 18.6 Å². The summed E-state index contributed by atoms with van der Waals surface area (Å²) in [6.07, 6.45) is 1.45. The Hall–Kier alpha value is -2.77. The number of likely N-dealkylation sites (N-methyl/N-ethyl adjacent to an activating group) is 1. The van der Waals surface area contributed by atoms with Crippen LogP contribution in [0.2, 0.25) is 0 Å². The Labute approximate surface area is 145 Å². The summed E-state index contributed by atoms with van der Waals surface area (Å²) in [5.41, 5.74) is 0.627. The van der Waals surface area contributed by atoms with Crippen LogP contribution in [-0.2, 0) is 9.59 Å². The van der Waals surface area contributed by atoms with Gasteiger partial charge in [-0.15, -0.1) is 0 Å². The highest BCUT2D eigenvalue weighted by molar-refractivity contribution is 6.01. The second kappa shape index (κ2) is 7.42. The third-order valence-electron chi connectivity index (χ3n) is 4.05. The number of amides is 4. The molecule has 0 saturated carbocycles. The predicted molar refractivity (Wildman–Crippen MR) is 89.7 cm³/mol. The fourth-order valence-corrected chi connectivity index (χ4v) is 2.75. The summed E-state index contributed by atoms with van der Waals surface area (Å²) in [5, 5.41) is 2.80. The number of rotatable bonds is 5. The van der Waals surface area contributed by atoms with Crippen molar-refractivity contribution in [1.82, 2.24) is 9.80 Å². The summed E-state index contributed by atoms with van der Waals surface area (Å²) in [7, 11) is 1.58. The summed E-state index contributed by atoms with van der Waals surface area (Å²) in [6, 6.07) is 4.95. The van der Waals surface area contributed by atoms with Crippen molar-refractivity contribution in [2.45, 2.75) is 19.3 Å². The molecule has 8 heteroatoms. The lowest BCUT2D eigenvalue weighted by Gasteiger charge is -2.14. The first kappa shape index (κ1) is 17.1. The van der Waals surface area contributed by atoms with Gasteiger partial charge in [0.1, 0.15) is 6.54 Å². The van der Waals surface area contributed by atoms with E-state index in [1.165, 1.54) is 9.80 Å². The highest BCUT2D eigenvalue weighted by Gasteiger charge is 2.32. The first-order chi connectivity index (χ1) is 12.0. The zero-order chi connectivity index (χ0) is 17.8. The van der Waals surface area contributed by atoms with E-state index < -0.39 is 0 Å². The fourth-order valence-electron chi connectivity index (χ4n) is 2.75. The molecule has 1 N–H and O–H groups in total. The number of carbonyl (C=O) groups excluding carboxylic acids is 3. The average molecular weight is 347 g/mol. The summed E-state index contributed by atoms with van der Waals surface area (Å²) in [6.45, 7) is 1.54. The van der Waals surface area contributed by atoms with Crippen molar-refractivity contribution >= 4 is 23.5 Å². The maximum absolute atomic E-state index is 12.1. The second-order valence-corrected chi connectivity index (χ2v) is 6.05. The minimum absolute atomic E-state index is 0.0994. The lowest BCUT2D eigenvalue weighted by atomic mass is 10.2. The molecule has 2 aliphatic heterocycles. The van der Waals surface area contributed by atoms with Crippen LogP contribution in [0.1, 0.15) is 19.3 Å². The summed E-state index contributed by atoms with van der Waals surface area (Å²) in [5.74, 6) is 0.884. The van der Waals surface area contributed by atoms with Crippen LogP contribution in [0.3, 0.4) is 0 Å². The Morgan fingerprint density at radius 1 is 1.20 bits per heavy atom. The van der Waals surface area contributed by atoms with E-state index in [9.17, 15) is 14.4 Å². The topological polar surface area (TPSA) is 88.2 Å². The summed E-state index contributed by atoms with van der Waals surface area (Å²) >= 11 is 0. The molecule has 1 aromatic rings. The molecule has 0 unspecified atom stereocenters. The summed E-state index contributed by atoms with van der Waals surface area (Å²) in [4.78, 5) is 38.0. The van der Waals surface area contributed by atoms with Gasteiger partial charge >= 0.3 is 6.03 Å². The molecular formula is C17H21N3O5. The first-order valence-corrected chi connectivity index (χ1v) is 8.29. The minimum atomic E-state index is -0.312. The smallest absolute Gasteiger partial charge is 0.326 e. The van der Waals surface area contributed by atoms with Crippen molar-refractivity contribution in [3.8, 4) is 11.5 Å². The van der Waals surface area contributed by atoms with Crippen molar-refractivity contribution < 1.29 is 23.9 Å². The van der Waals surface area contributed by atoms with Crippen LogP contribution in [0.25, 0.3) is 0 Å². The number of fused-ring (bicyclic) bond motifs is 1. The lowest BCUT2D eigenvalue weighted by Crippen LogP contribution is -2.32. The number of hydrogen-bond donors (Lipinski definition) is 1. The van der Waals surface area contributed by atoms with Crippen molar-refractivity contribution in [3.63, 3.8) is 0 Å². The SMILES string of the molecule is CN1CC(=O)N(CCCC(=O)Nc2ccc3c(c2)OCCCO3)C1=O. The molecule has 8 nitrogen and oxygen atoms in total. The van der Waals surface area contributed by atoms with Crippen LogP contribution in [0.15, 0.2) is 18.2 Å². The molecule has 1 saturated heterocycles. The van der Waals surface area contributed by atoms with E-state index >= 15 is 0 Å². The monoisotopic (exact) mass is 347 g/mol. The number of nitrogens with zero attached hydrogens (tertiary/aromatic N) is 2. The Balaban J connectivity index is 1.49. The van der Waals surface area contributed by atoms with E-state index in [-0.39, 0.29) is 37.4 Å². The van der Waals surface area contributed by atoms with E-state index in [0.717, 1.165) is 6.42 Å². The first-order valence-electron chi connectivity index (χ1n) is 8.29. The van der Waals surface area contributed by atoms with Gasteiger partial charge in [-0.3, -0.25) is 14.5 Å². The third-order valence-corrected chi connectivity index (χ3v) is 4.05. The number of imide groups is 1. The largest absolute Gasteiger partial charge is 0.490 e. The van der Waals surface area contributed by atoms with E-state index in [1.54, 1.807) is 25.2 Å². The normalized spacial score (nSPS) is 16.8. The molecule has 0 spiro atoms. The number of ether oxygens (including phenoxy) is 2. The molecule has 1 fully saturated rings. The van der Waals surface area contributed by atoms with E-state index in [1.807, 2.05) is 0 Å². The zero-order valence-corrected chi connectivity index (χ0v) is 14.1. The number of benzene rings is 1. The van der Waals surface area contributed by atoms with Gasteiger partial charge in [0.2, 0.25) is 11.8 Å². The van der Waals surface area contributed by atoms with E-state index in [4.69, 9.17) is 9.47 Å². The molecule has 0 atom stereocenters. The Kier molecular flexibility index (Phi) is 5.06. The van der Waals surface area contributed by atoms with Gasteiger partial charge < -0.3 is 19.7 Å². The Morgan fingerprint density at radius 2 is 1.96 bits per heavy atom. The van der Waals surface area contributed by atoms with Crippen molar-refractivity contribution in [2.75, 3.05) is 38.7 Å². The average Bonchev–Trinajstić information content (AvgIpc) is 2.76. The van der Waals surface area contributed by atoms with Crippen LogP contribution in [0.4, 0.5) is 10.5 Å². The van der Waals surface area contributed by atoms with Gasteiger partial charge in [-0.2, -0.15) is 0 Å². The van der Waals surface area contributed by atoms with Crippen molar-refractivity contribution in [3.05, 3.63) is 18.2 Å². The standard InChI is InChI=1S/C17H21N3O5/c1-19-11-16(22)20(17(19)23)7-2-4-15(21)18-12-5-6-13-14(10-12)25-9-3-8-24-13/h5-6,10H,2-4,7-9,11H2,1H3,(H,18,21). The molecule has 0 aromatic heterocycles. The third kappa shape index (κ3) is 4.01. The van der Waals surface area contributed by atoms with E-state index in [0.29, 0.717) is 36.8 Å². The minimum Gasteiger partial charge on any atom is -0.490 e. The number of hydrogen-bond acceptors (Lipinski definition) is 5. The van der Waals surface area contributed by atoms with Gasteiger partial charge in [-0.1, -0.05) is 0 Å². The Bertz CT molecular complexity index is 691. The number of carbonyl (C=O) groups is 3. The van der Waals surface area contributed by atoms with Crippen LogP contribution in [0, 0.1) is 0 Å².